The molecule has 1 aromatic carbocycles. The number of benzene rings is 1. The maximum absolute atomic E-state index is 12.5. The van der Waals surface area contributed by atoms with E-state index in [1.807, 2.05) is 0 Å². The molecule has 1 fully saturated rings. The van der Waals surface area contributed by atoms with E-state index in [4.69, 9.17) is 22.1 Å². The van der Waals surface area contributed by atoms with Gasteiger partial charge in [0.05, 0.1) is 23.4 Å². The van der Waals surface area contributed by atoms with Gasteiger partial charge in [-0.2, -0.15) is 0 Å². The van der Waals surface area contributed by atoms with Gasteiger partial charge in [0.1, 0.15) is 5.75 Å². The summed E-state index contributed by atoms with van der Waals surface area (Å²) in [6, 6.07) is 4.34. The van der Waals surface area contributed by atoms with Crippen molar-refractivity contribution in [2.24, 2.45) is 5.73 Å². The first-order valence-electron chi connectivity index (χ1n) is 6.98. The maximum Gasteiger partial charge on any atom is 0.248 e. The van der Waals surface area contributed by atoms with Crippen LogP contribution in [-0.2, 0) is 10.0 Å². The lowest BCUT2D eigenvalue weighted by Crippen LogP contribution is -2.37. The van der Waals surface area contributed by atoms with E-state index in [0.717, 1.165) is 12.8 Å². The number of rotatable bonds is 5. The number of sulfonamides is 1. The van der Waals surface area contributed by atoms with Crippen molar-refractivity contribution in [3.63, 3.8) is 0 Å². The van der Waals surface area contributed by atoms with Crippen molar-refractivity contribution in [2.45, 2.75) is 36.3 Å². The molecule has 0 aromatic heterocycles. The van der Waals surface area contributed by atoms with Crippen LogP contribution in [0.4, 0.5) is 5.69 Å². The van der Waals surface area contributed by atoms with E-state index < -0.39 is 26.6 Å². The number of carbonyl (C=O) groups is 1. The van der Waals surface area contributed by atoms with Crippen LogP contribution in [0.2, 0.25) is 0 Å². The lowest BCUT2D eigenvalue weighted by molar-refractivity contribution is 0.100. The molecule has 22 heavy (non-hydrogen) atoms. The van der Waals surface area contributed by atoms with Gasteiger partial charge in [-0.05, 0) is 31.0 Å². The molecule has 0 radical (unpaired) electrons. The maximum atomic E-state index is 12.5. The topological polar surface area (TPSA) is 98.5 Å². The summed E-state index contributed by atoms with van der Waals surface area (Å²) in [6.45, 7) is 0. The fraction of sp³-hybridized carbons (Fsp3) is 0.500. The number of amides is 1. The Morgan fingerprint density at radius 3 is 2.64 bits per heavy atom. The van der Waals surface area contributed by atoms with Gasteiger partial charge in [0.25, 0.3) is 0 Å². The summed E-state index contributed by atoms with van der Waals surface area (Å²) in [5.74, 6) is -0.327. The van der Waals surface area contributed by atoms with E-state index in [2.05, 4.69) is 4.72 Å². The molecule has 1 amide bonds. The van der Waals surface area contributed by atoms with Crippen molar-refractivity contribution in [1.82, 2.24) is 0 Å². The monoisotopic (exact) mass is 346 g/mol. The minimum atomic E-state index is -3.67. The van der Waals surface area contributed by atoms with Crippen LogP contribution in [0.3, 0.4) is 0 Å². The van der Waals surface area contributed by atoms with Crippen molar-refractivity contribution in [3.8, 4) is 5.75 Å². The lowest BCUT2D eigenvalue weighted by atomic mass is 10.00. The molecule has 3 N–H and O–H groups in total. The average molecular weight is 347 g/mol. The molecule has 1 aliphatic carbocycles. The van der Waals surface area contributed by atoms with Gasteiger partial charge in [0.15, 0.2) is 0 Å². The molecule has 0 heterocycles. The molecule has 1 aromatic rings. The molecule has 8 heteroatoms. The van der Waals surface area contributed by atoms with E-state index in [0.29, 0.717) is 18.6 Å². The molecule has 0 aliphatic heterocycles. The van der Waals surface area contributed by atoms with Crippen LogP contribution in [0.5, 0.6) is 5.75 Å². The van der Waals surface area contributed by atoms with Crippen LogP contribution in [0.1, 0.15) is 36.0 Å². The van der Waals surface area contributed by atoms with Crippen molar-refractivity contribution in [1.29, 1.82) is 0 Å². The van der Waals surface area contributed by atoms with Crippen LogP contribution in [-0.4, -0.2) is 32.1 Å². The zero-order chi connectivity index (χ0) is 16.3. The summed E-state index contributed by atoms with van der Waals surface area (Å²) in [6.07, 6.45) is 2.95. The molecule has 1 aliphatic rings. The summed E-state index contributed by atoms with van der Waals surface area (Å²) in [5.41, 5.74) is 5.61. The number of alkyl halides is 1. The second kappa shape index (κ2) is 6.75. The molecule has 0 saturated heterocycles. The third kappa shape index (κ3) is 3.64. The Labute approximate surface area is 135 Å². The predicted molar refractivity (Wildman–Crippen MR) is 86.0 cm³/mol. The van der Waals surface area contributed by atoms with Gasteiger partial charge >= 0.3 is 0 Å². The van der Waals surface area contributed by atoms with Crippen LogP contribution < -0.4 is 15.2 Å². The van der Waals surface area contributed by atoms with E-state index in [9.17, 15) is 13.2 Å². The summed E-state index contributed by atoms with van der Waals surface area (Å²) in [7, 11) is -2.26. The molecule has 1 saturated carbocycles. The number of ether oxygens (including phenoxy) is 1. The van der Waals surface area contributed by atoms with Crippen molar-refractivity contribution < 1.29 is 17.9 Å². The molecule has 0 bridgehead atoms. The fourth-order valence-corrected chi connectivity index (χ4v) is 4.88. The highest BCUT2D eigenvalue weighted by Gasteiger charge is 2.35. The highest BCUT2D eigenvalue weighted by atomic mass is 35.5. The van der Waals surface area contributed by atoms with Gasteiger partial charge in [0, 0.05) is 5.56 Å². The van der Waals surface area contributed by atoms with Crippen molar-refractivity contribution >= 4 is 33.2 Å². The number of anilines is 1. The Morgan fingerprint density at radius 1 is 1.36 bits per heavy atom. The zero-order valence-electron chi connectivity index (χ0n) is 12.2. The summed E-state index contributed by atoms with van der Waals surface area (Å²) >= 11 is 6.16. The third-order valence-electron chi connectivity index (χ3n) is 3.76. The standard InChI is InChI=1S/C14H19ClN2O4S/c1-21-12-7-6-9(14(16)18)8-11(12)17-22(19,20)13-5-3-2-4-10(13)15/h6-8,10,13,17H,2-5H2,1H3,(H2,16,18). The Hall–Kier alpha value is -1.47. The fourth-order valence-electron chi connectivity index (χ4n) is 2.57. The van der Waals surface area contributed by atoms with E-state index >= 15 is 0 Å². The predicted octanol–water partition coefficient (Wildman–Crippen LogP) is 2.09. The molecule has 0 spiro atoms. The second-order valence-corrected chi connectivity index (χ2v) is 7.73. The first-order valence-corrected chi connectivity index (χ1v) is 8.97. The zero-order valence-corrected chi connectivity index (χ0v) is 13.8. The molecule has 2 rings (SSSR count). The van der Waals surface area contributed by atoms with Crippen LogP contribution >= 0.6 is 11.6 Å². The Morgan fingerprint density at radius 2 is 2.05 bits per heavy atom. The second-order valence-electron chi connectivity index (χ2n) is 5.27. The van der Waals surface area contributed by atoms with Gasteiger partial charge in [-0.15, -0.1) is 11.6 Å². The number of methoxy groups -OCH3 is 1. The van der Waals surface area contributed by atoms with Crippen molar-refractivity contribution in [2.75, 3.05) is 11.8 Å². The number of halogens is 1. The molecule has 6 nitrogen and oxygen atoms in total. The van der Waals surface area contributed by atoms with Gasteiger partial charge < -0.3 is 10.5 Å². The first-order chi connectivity index (χ1) is 10.3. The van der Waals surface area contributed by atoms with Gasteiger partial charge in [0.2, 0.25) is 15.9 Å². The SMILES string of the molecule is COc1ccc(C(N)=O)cc1NS(=O)(=O)C1CCCCC1Cl. The molecule has 2 unspecified atom stereocenters. The quantitative estimate of drug-likeness (QED) is 0.797. The Kier molecular flexibility index (Phi) is 5.18. The summed E-state index contributed by atoms with van der Waals surface area (Å²) in [4.78, 5) is 11.3. The van der Waals surface area contributed by atoms with Crippen molar-refractivity contribution in [3.05, 3.63) is 23.8 Å². The summed E-state index contributed by atoms with van der Waals surface area (Å²) in [5, 5.41) is -1.08. The van der Waals surface area contributed by atoms with E-state index in [-0.39, 0.29) is 11.3 Å². The Balaban J connectivity index is 2.31. The summed E-state index contributed by atoms with van der Waals surface area (Å²) < 4.78 is 32.7. The largest absolute Gasteiger partial charge is 0.495 e. The molecular weight excluding hydrogens is 328 g/mol. The van der Waals surface area contributed by atoms with Crippen LogP contribution in [0.15, 0.2) is 18.2 Å². The highest BCUT2D eigenvalue weighted by Crippen LogP contribution is 2.32. The molecule has 122 valence electrons. The number of carbonyl (C=O) groups excluding carboxylic acids is 1. The van der Waals surface area contributed by atoms with E-state index in [1.165, 1.54) is 25.3 Å². The minimum Gasteiger partial charge on any atom is -0.495 e. The number of nitrogens with one attached hydrogen (secondary N) is 1. The molecular formula is C14H19ClN2O4S. The average Bonchev–Trinajstić information content (AvgIpc) is 2.47. The van der Waals surface area contributed by atoms with Gasteiger partial charge in [-0.25, -0.2) is 8.42 Å². The smallest absolute Gasteiger partial charge is 0.248 e. The molecule has 2 atom stereocenters. The normalized spacial score (nSPS) is 22.1. The van der Waals surface area contributed by atoms with E-state index in [1.54, 1.807) is 0 Å². The number of nitrogens with two attached hydrogens (primary N) is 1. The third-order valence-corrected chi connectivity index (χ3v) is 6.29. The number of hydrogen-bond donors (Lipinski definition) is 2. The first kappa shape index (κ1) is 16.9. The van der Waals surface area contributed by atoms with Gasteiger partial charge in [-0.3, -0.25) is 9.52 Å². The van der Waals surface area contributed by atoms with Gasteiger partial charge in [-0.1, -0.05) is 12.8 Å². The Bertz CT molecular complexity index is 663. The lowest BCUT2D eigenvalue weighted by Gasteiger charge is -2.27. The number of hydrogen-bond acceptors (Lipinski definition) is 4. The van der Waals surface area contributed by atoms with Crippen LogP contribution in [0.25, 0.3) is 0 Å². The minimum absolute atomic E-state index is 0.188. The number of primary amides is 1. The van der Waals surface area contributed by atoms with Crippen LogP contribution in [0, 0.1) is 0 Å². The highest BCUT2D eigenvalue weighted by molar-refractivity contribution is 7.93.